The molecule has 0 bridgehead atoms. The first-order valence-electron chi connectivity index (χ1n) is 10.2. The van der Waals surface area contributed by atoms with Gasteiger partial charge in [-0.2, -0.15) is 0 Å². The van der Waals surface area contributed by atoms with Crippen LogP contribution in [-0.2, 0) is 16.6 Å². The fourth-order valence-electron chi connectivity index (χ4n) is 3.63. The molecule has 0 aliphatic carbocycles. The van der Waals surface area contributed by atoms with Crippen LogP contribution in [0.2, 0.25) is 5.02 Å². The van der Waals surface area contributed by atoms with E-state index < -0.39 is 10.0 Å². The molecule has 1 atom stereocenters. The van der Waals surface area contributed by atoms with Crippen LogP contribution >= 0.6 is 11.6 Å². The van der Waals surface area contributed by atoms with E-state index in [9.17, 15) is 13.2 Å². The molecular weight excluding hydrogens is 444 g/mol. The number of carbonyl (C=O) groups excluding carboxylic acids is 1. The molecule has 7 heteroatoms. The van der Waals surface area contributed by atoms with Gasteiger partial charge in [0, 0.05) is 10.6 Å². The highest BCUT2D eigenvalue weighted by atomic mass is 35.5. The zero-order chi connectivity index (χ0) is 23.5. The lowest BCUT2D eigenvalue weighted by Gasteiger charge is -2.23. The van der Waals surface area contributed by atoms with Gasteiger partial charge in [0.25, 0.3) is 5.91 Å². The zero-order valence-corrected chi connectivity index (χ0v) is 20.2. The van der Waals surface area contributed by atoms with Crippen LogP contribution in [0, 0.1) is 13.8 Å². The second kappa shape index (κ2) is 9.76. The molecule has 3 aromatic rings. The van der Waals surface area contributed by atoms with Crippen molar-refractivity contribution in [3.8, 4) is 0 Å². The average molecular weight is 471 g/mol. The first-order valence-corrected chi connectivity index (χ1v) is 12.5. The van der Waals surface area contributed by atoms with Gasteiger partial charge in [-0.05, 0) is 67.8 Å². The van der Waals surface area contributed by atoms with Crippen molar-refractivity contribution in [3.63, 3.8) is 0 Å². The van der Waals surface area contributed by atoms with Gasteiger partial charge >= 0.3 is 0 Å². The molecule has 0 aliphatic rings. The second-order valence-corrected chi connectivity index (χ2v) is 10.3. The van der Waals surface area contributed by atoms with E-state index in [1.165, 1.54) is 9.87 Å². The lowest BCUT2D eigenvalue weighted by Crippen LogP contribution is -2.29. The normalized spacial score (nSPS) is 12.3. The largest absolute Gasteiger partial charge is 0.346 e. The Morgan fingerprint density at radius 3 is 2.31 bits per heavy atom. The third-order valence-corrected chi connectivity index (χ3v) is 6.65. The smallest absolute Gasteiger partial charge is 0.251 e. The van der Waals surface area contributed by atoms with Gasteiger partial charge in [-0.15, -0.1) is 0 Å². The number of nitrogens with one attached hydrogen (secondary N) is 1. The summed E-state index contributed by atoms with van der Waals surface area (Å²) in [7, 11) is -3.52. The van der Waals surface area contributed by atoms with Gasteiger partial charge in [0.15, 0.2) is 0 Å². The molecule has 3 aromatic carbocycles. The minimum Gasteiger partial charge on any atom is -0.346 e. The Kier molecular flexibility index (Phi) is 7.26. The number of hydrogen-bond acceptors (Lipinski definition) is 3. The van der Waals surface area contributed by atoms with Crippen molar-refractivity contribution in [1.29, 1.82) is 0 Å². The first-order chi connectivity index (χ1) is 15.0. The maximum absolute atomic E-state index is 12.7. The number of amides is 1. The van der Waals surface area contributed by atoms with Gasteiger partial charge in [0.05, 0.1) is 24.5 Å². The summed E-state index contributed by atoms with van der Waals surface area (Å²) >= 11 is 6.03. The van der Waals surface area contributed by atoms with Crippen molar-refractivity contribution in [3.05, 3.63) is 99.6 Å². The number of hydrogen-bond donors (Lipinski definition) is 1. The van der Waals surface area contributed by atoms with Crippen LogP contribution in [0.15, 0.2) is 66.7 Å². The van der Waals surface area contributed by atoms with Crippen LogP contribution in [-0.4, -0.2) is 20.6 Å². The summed E-state index contributed by atoms with van der Waals surface area (Å²) < 4.78 is 26.0. The highest BCUT2D eigenvalue weighted by Crippen LogP contribution is 2.24. The molecular formula is C25H27ClN2O3S. The fourth-order valence-corrected chi connectivity index (χ4v) is 4.69. The van der Waals surface area contributed by atoms with E-state index in [-0.39, 0.29) is 18.5 Å². The molecule has 5 nitrogen and oxygen atoms in total. The Morgan fingerprint density at radius 1 is 1.03 bits per heavy atom. The third-order valence-electron chi connectivity index (χ3n) is 5.28. The number of rotatable bonds is 7. The van der Waals surface area contributed by atoms with Gasteiger partial charge in [-0.1, -0.05) is 53.6 Å². The monoisotopic (exact) mass is 470 g/mol. The molecule has 1 amide bonds. The Hall–Kier alpha value is -2.83. The summed E-state index contributed by atoms with van der Waals surface area (Å²) in [5.41, 5.74) is 5.15. The molecule has 0 spiro atoms. The van der Waals surface area contributed by atoms with Crippen LogP contribution in [0.25, 0.3) is 0 Å². The van der Waals surface area contributed by atoms with Gasteiger partial charge in [0.2, 0.25) is 10.0 Å². The van der Waals surface area contributed by atoms with E-state index in [1.54, 1.807) is 48.5 Å². The summed E-state index contributed by atoms with van der Waals surface area (Å²) in [5.74, 6) is -0.182. The first kappa shape index (κ1) is 23.8. The third kappa shape index (κ3) is 5.90. The van der Waals surface area contributed by atoms with E-state index in [2.05, 4.69) is 11.4 Å². The molecule has 168 valence electrons. The van der Waals surface area contributed by atoms with Crippen molar-refractivity contribution >= 4 is 33.2 Å². The Labute approximate surface area is 195 Å². The number of anilines is 1. The maximum Gasteiger partial charge on any atom is 0.251 e. The Bertz CT molecular complexity index is 1220. The molecule has 32 heavy (non-hydrogen) atoms. The van der Waals surface area contributed by atoms with E-state index in [0.29, 0.717) is 16.3 Å². The van der Waals surface area contributed by atoms with E-state index in [1.807, 2.05) is 32.9 Å². The molecule has 0 heterocycles. The highest BCUT2D eigenvalue weighted by Gasteiger charge is 2.19. The average Bonchev–Trinajstić information content (AvgIpc) is 2.71. The molecule has 1 N–H and O–H groups in total. The van der Waals surface area contributed by atoms with Crippen LogP contribution in [0.1, 0.15) is 45.6 Å². The van der Waals surface area contributed by atoms with Gasteiger partial charge in [-0.25, -0.2) is 8.42 Å². The van der Waals surface area contributed by atoms with E-state index in [4.69, 9.17) is 11.6 Å². The molecule has 0 fully saturated rings. The van der Waals surface area contributed by atoms with Crippen molar-refractivity contribution in [2.45, 2.75) is 33.4 Å². The maximum atomic E-state index is 12.7. The molecule has 0 saturated carbocycles. The van der Waals surface area contributed by atoms with E-state index >= 15 is 0 Å². The summed E-state index contributed by atoms with van der Waals surface area (Å²) in [5, 5.41) is 3.49. The lowest BCUT2D eigenvalue weighted by molar-refractivity contribution is 0.0940. The number of benzene rings is 3. The Morgan fingerprint density at radius 2 is 1.72 bits per heavy atom. The van der Waals surface area contributed by atoms with Crippen LogP contribution < -0.4 is 9.62 Å². The van der Waals surface area contributed by atoms with Crippen LogP contribution in [0.4, 0.5) is 5.69 Å². The molecule has 3 rings (SSSR count). The number of halogens is 1. The lowest BCUT2D eigenvalue weighted by atomic mass is 10.00. The molecule has 0 saturated heterocycles. The number of aryl methyl sites for hydroxylation is 2. The summed E-state index contributed by atoms with van der Waals surface area (Å²) in [6, 6.07) is 19.7. The predicted molar refractivity (Wildman–Crippen MR) is 131 cm³/mol. The predicted octanol–water partition coefficient (Wildman–Crippen LogP) is 5.41. The number of sulfonamides is 1. The molecule has 0 aliphatic heterocycles. The topological polar surface area (TPSA) is 66.5 Å². The molecule has 1 unspecified atom stereocenters. The second-order valence-electron chi connectivity index (χ2n) is 8.00. The zero-order valence-electron chi connectivity index (χ0n) is 18.6. The summed E-state index contributed by atoms with van der Waals surface area (Å²) in [6.07, 6.45) is 1.16. The van der Waals surface area contributed by atoms with E-state index in [0.717, 1.165) is 22.9 Å². The van der Waals surface area contributed by atoms with Crippen molar-refractivity contribution in [1.82, 2.24) is 5.32 Å². The van der Waals surface area contributed by atoms with Crippen molar-refractivity contribution in [2.75, 3.05) is 10.6 Å². The molecule has 0 aromatic heterocycles. The number of nitrogens with zero attached hydrogens (tertiary/aromatic N) is 1. The van der Waals surface area contributed by atoms with Crippen molar-refractivity contribution in [2.24, 2.45) is 0 Å². The van der Waals surface area contributed by atoms with Gasteiger partial charge in [0.1, 0.15) is 0 Å². The van der Waals surface area contributed by atoms with Gasteiger partial charge < -0.3 is 5.32 Å². The Balaban J connectivity index is 1.74. The van der Waals surface area contributed by atoms with Crippen LogP contribution in [0.3, 0.4) is 0 Å². The molecule has 0 radical (unpaired) electrons. The summed E-state index contributed by atoms with van der Waals surface area (Å²) in [6.45, 7) is 6.17. The number of carbonyl (C=O) groups is 1. The standard InChI is InChI=1S/C25H27ClN2O3S/c1-17-8-13-24(18(2)14-17)19(3)27-25(29)21-11-9-20(10-12-21)16-28(32(4,30)31)23-7-5-6-22(26)15-23/h5-15,19H,16H2,1-4H3,(H,27,29). The fraction of sp³-hybridized carbons (Fsp3) is 0.240. The van der Waals surface area contributed by atoms with Crippen molar-refractivity contribution < 1.29 is 13.2 Å². The van der Waals surface area contributed by atoms with Crippen LogP contribution in [0.5, 0.6) is 0 Å². The SMILES string of the molecule is Cc1ccc(C(C)NC(=O)c2ccc(CN(c3cccc(Cl)c3)S(C)(=O)=O)cc2)c(C)c1. The quantitative estimate of drug-likeness (QED) is 0.501. The minimum atomic E-state index is -3.52. The van der Waals surface area contributed by atoms with Gasteiger partial charge in [-0.3, -0.25) is 9.10 Å². The minimum absolute atomic E-state index is 0.133. The summed E-state index contributed by atoms with van der Waals surface area (Å²) in [4.78, 5) is 12.7. The highest BCUT2D eigenvalue weighted by molar-refractivity contribution is 7.92.